The molecule has 0 saturated carbocycles. The lowest BCUT2D eigenvalue weighted by Crippen LogP contribution is -2.35. The van der Waals surface area contributed by atoms with Gasteiger partial charge in [0.1, 0.15) is 12.9 Å². The van der Waals surface area contributed by atoms with Gasteiger partial charge in [0.2, 0.25) is 5.91 Å². The Hall–Kier alpha value is -3.93. The van der Waals surface area contributed by atoms with Crippen LogP contribution in [0.5, 0.6) is 0 Å². The van der Waals surface area contributed by atoms with E-state index in [2.05, 4.69) is 28.5 Å². The molecule has 0 saturated heterocycles. The third-order valence-corrected chi connectivity index (χ3v) is 6.78. The van der Waals surface area contributed by atoms with E-state index in [1.54, 1.807) is 5.01 Å². The van der Waals surface area contributed by atoms with E-state index in [0.717, 1.165) is 53.9 Å². The maximum atomic E-state index is 10.9. The molecule has 1 aliphatic rings. The molecule has 2 aromatic carbocycles. The molecule has 0 fully saturated rings. The van der Waals surface area contributed by atoms with E-state index in [0.29, 0.717) is 38.3 Å². The van der Waals surface area contributed by atoms with Crippen LogP contribution in [0.4, 0.5) is 5.69 Å². The van der Waals surface area contributed by atoms with Gasteiger partial charge in [-0.2, -0.15) is 0 Å². The van der Waals surface area contributed by atoms with Crippen molar-refractivity contribution >= 4 is 35.7 Å². The number of para-hydroxylation sites is 1. The van der Waals surface area contributed by atoms with E-state index in [4.69, 9.17) is 21.1 Å². The molecular weight excluding hydrogens is 572 g/mol. The molecule has 45 heavy (non-hydrogen) atoms. The number of amides is 1. The number of hydrazine groups is 1. The van der Waals surface area contributed by atoms with Crippen molar-refractivity contribution in [2.45, 2.75) is 58.9 Å². The Morgan fingerprint density at radius 1 is 0.978 bits per heavy atom. The lowest BCUT2D eigenvalue weighted by molar-refractivity contribution is -0.129. The van der Waals surface area contributed by atoms with E-state index < -0.39 is 0 Å². The van der Waals surface area contributed by atoms with Crippen molar-refractivity contribution in [3.8, 4) is 0 Å². The number of fused-ring (bicyclic) bond motifs is 2. The minimum Gasteiger partial charge on any atom is -0.466 e. The number of hydrogen-bond acceptors (Lipinski definition) is 10. The molecule has 11 heteroatoms. The maximum absolute atomic E-state index is 10.9. The Labute approximate surface area is 269 Å². The fraction of sp³-hybridized carbons (Fsp3) is 0.500. The predicted octanol–water partition coefficient (Wildman–Crippen LogP) is 3.67. The van der Waals surface area contributed by atoms with Crippen LogP contribution >= 0.6 is 0 Å². The number of ether oxygens (including phenoxy) is 2. The van der Waals surface area contributed by atoms with Gasteiger partial charge in [0.05, 0.1) is 24.5 Å². The van der Waals surface area contributed by atoms with Crippen molar-refractivity contribution in [3.05, 3.63) is 65.2 Å². The monoisotopic (exact) mass is 626 g/mol. The highest BCUT2D eigenvalue weighted by Crippen LogP contribution is 2.35. The summed E-state index contributed by atoms with van der Waals surface area (Å²) in [4.78, 5) is 33.4. The van der Waals surface area contributed by atoms with E-state index in [1.165, 1.54) is 25.8 Å². The van der Waals surface area contributed by atoms with E-state index >= 15 is 0 Å². The topological polar surface area (TPSA) is 152 Å². The second-order valence-corrected chi connectivity index (χ2v) is 10.4. The zero-order valence-electron chi connectivity index (χ0n) is 27.6. The summed E-state index contributed by atoms with van der Waals surface area (Å²) in [6, 6.07) is 16.0. The summed E-state index contributed by atoms with van der Waals surface area (Å²) in [6.07, 6.45) is 6.31. The molecule has 0 bridgehead atoms. The van der Waals surface area contributed by atoms with E-state index in [-0.39, 0.29) is 18.9 Å². The number of benzene rings is 2. The lowest BCUT2D eigenvalue weighted by atomic mass is 9.96. The maximum Gasteiger partial charge on any atom is 0.293 e. The van der Waals surface area contributed by atoms with Gasteiger partial charge in [0.25, 0.3) is 6.47 Å². The number of unbranched alkanes of at least 4 members (excludes halogenated alkanes) is 2. The molecule has 0 spiro atoms. The molecule has 0 atom stereocenters. The summed E-state index contributed by atoms with van der Waals surface area (Å²) in [5.41, 5.74) is 12.0. The number of aldehydes is 1. The number of anilines is 1. The van der Waals surface area contributed by atoms with Gasteiger partial charge in [-0.05, 0) is 38.1 Å². The largest absolute Gasteiger partial charge is 0.466 e. The molecule has 6 N–H and O–H groups in total. The predicted molar refractivity (Wildman–Crippen MR) is 182 cm³/mol. The van der Waals surface area contributed by atoms with Crippen LogP contribution in [0.15, 0.2) is 48.5 Å². The van der Waals surface area contributed by atoms with Crippen LogP contribution in [0.3, 0.4) is 0 Å². The van der Waals surface area contributed by atoms with Crippen LogP contribution in [0.25, 0.3) is 11.4 Å². The van der Waals surface area contributed by atoms with Gasteiger partial charge in [0, 0.05) is 56.4 Å². The minimum atomic E-state index is -0.0906. The lowest BCUT2D eigenvalue weighted by Gasteiger charge is -2.31. The van der Waals surface area contributed by atoms with Crippen molar-refractivity contribution in [2.24, 2.45) is 11.6 Å². The standard InChI is InChI=1S/C19H22N4O2.C9H17NO3.C6H15N/c1-22-12-14-6-2-3-7-15(14)19(23(21)10-11-25-13-24)18(20)16-8-4-5-9-17(16)22;1-2-7-13-8-5-10-9(12)4-3-6-11;1-3-4-5-6-7-2/h2-9,13H,10-12,20-21H2,1H3;6H,2-5,7-8H2,1H3,(H,10,12);7H,3-6H2,1-2H3/b19-18-;;. The smallest absolute Gasteiger partial charge is 0.293 e. The third kappa shape index (κ3) is 15.1. The third-order valence-electron chi connectivity index (χ3n) is 6.78. The van der Waals surface area contributed by atoms with Crippen LogP contribution in [0.2, 0.25) is 0 Å². The van der Waals surface area contributed by atoms with Gasteiger partial charge in [0.15, 0.2) is 0 Å². The summed E-state index contributed by atoms with van der Waals surface area (Å²) >= 11 is 0. The molecule has 11 nitrogen and oxygen atoms in total. The van der Waals surface area contributed by atoms with Gasteiger partial charge >= 0.3 is 0 Å². The van der Waals surface area contributed by atoms with Gasteiger partial charge in [-0.15, -0.1) is 0 Å². The highest BCUT2D eigenvalue weighted by Gasteiger charge is 2.23. The van der Waals surface area contributed by atoms with E-state index in [9.17, 15) is 14.4 Å². The number of nitrogens with one attached hydrogen (secondary N) is 2. The van der Waals surface area contributed by atoms with Crippen molar-refractivity contribution in [1.82, 2.24) is 15.6 Å². The second-order valence-electron chi connectivity index (χ2n) is 10.4. The van der Waals surface area contributed by atoms with Crippen molar-refractivity contribution in [1.29, 1.82) is 0 Å². The summed E-state index contributed by atoms with van der Waals surface area (Å²) < 4.78 is 9.94. The average Bonchev–Trinajstić information content (AvgIpc) is 3.05. The molecule has 1 amide bonds. The highest BCUT2D eigenvalue weighted by atomic mass is 16.5. The fourth-order valence-electron chi connectivity index (χ4n) is 4.50. The molecule has 250 valence electrons. The minimum absolute atomic E-state index is 0.0906. The Morgan fingerprint density at radius 2 is 1.69 bits per heavy atom. The van der Waals surface area contributed by atoms with Crippen LogP contribution < -0.4 is 27.1 Å². The molecular formula is C34H54N6O5. The van der Waals surface area contributed by atoms with Gasteiger partial charge in [-0.3, -0.25) is 9.59 Å². The Kier molecular flexibility index (Phi) is 21.2. The summed E-state index contributed by atoms with van der Waals surface area (Å²) in [5.74, 6) is 6.20. The zero-order valence-corrected chi connectivity index (χ0v) is 27.6. The van der Waals surface area contributed by atoms with Crippen molar-refractivity contribution in [2.75, 3.05) is 58.5 Å². The second kappa shape index (κ2) is 24.4. The number of carbonyl (C=O) groups excluding carboxylic acids is 3. The molecule has 0 unspecified atom stereocenters. The Bertz CT molecular complexity index is 1160. The quantitative estimate of drug-likeness (QED) is 0.0886. The summed E-state index contributed by atoms with van der Waals surface area (Å²) in [6.45, 7) is 8.92. The molecule has 0 radical (unpaired) electrons. The first-order chi connectivity index (χ1) is 21.9. The first-order valence-electron chi connectivity index (χ1n) is 15.7. The van der Waals surface area contributed by atoms with Gasteiger partial charge < -0.3 is 40.5 Å². The molecule has 3 rings (SSSR count). The average molecular weight is 627 g/mol. The Morgan fingerprint density at radius 3 is 2.36 bits per heavy atom. The molecule has 0 aliphatic carbocycles. The molecule has 2 aromatic rings. The number of nitrogens with two attached hydrogens (primary N) is 2. The van der Waals surface area contributed by atoms with Crippen LogP contribution in [0, 0.1) is 0 Å². The SMILES string of the molecule is CCCCCNC.CCCOCCNC(=O)CCC=O.CN1Cc2ccccc2/C(N(N)CCOC=O)=C(/N)c2ccccc21. The van der Waals surface area contributed by atoms with E-state index in [1.807, 2.05) is 63.5 Å². The van der Waals surface area contributed by atoms with Crippen LogP contribution in [0.1, 0.15) is 69.1 Å². The molecule has 0 aromatic heterocycles. The molecule has 1 aliphatic heterocycles. The number of carbonyl (C=O) groups is 3. The molecule has 1 heterocycles. The zero-order chi connectivity index (χ0) is 33.3. The Balaban J connectivity index is 0.000000424. The van der Waals surface area contributed by atoms with Crippen LogP contribution in [-0.2, 0) is 30.4 Å². The number of rotatable bonds is 17. The van der Waals surface area contributed by atoms with Gasteiger partial charge in [-0.1, -0.05) is 69.2 Å². The van der Waals surface area contributed by atoms with Crippen molar-refractivity contribution < 1.29 is 23.9 Å². The van der Waals surface area contributed by atoms with Gasteiger partial charge in [-0.25, -0.2) is 5.84 Å². The normalized spacial score (nSPS) is 13.3. The summed E-state index contributed by atoms with van der Waals surface area (Å²) in [5, 5.41) is 7.31. The van der Waals surface area contributed by atoms with Crippen LogP contribution in [-0.4, -0.2) is 77.2 Å². The highest BCUT2D eigenvalue weighted by molar-refractivity contribution is 5.93. The first-order valence-corrected chi connectivity index (χ1v) is 15.7. The summed E-state index contributed by atoms with van der Waals surface area (Å²) in [7, 11) is 4.04. The number of nitrogens with zero attached hydrogens (tertiary/aromatic N) is 2. The fourth-order valence-corrected chi connectivity index (χ4v) is 4.50. The number of hydrogen-bond donors (Lipinski definition) is 4. The first kappa shape index (κ1) is 39.1. The van der Waals surface area contributed by atoms with Crippen molar-refractivity contribution in [3.63, 3.8) is 0 Å².